The molecule has 0 aliphatic heterocycles. The minimum absolute atomic E-state index is 0.999. The van der Waals surface area contributed by atoms with Gasteiger partial charge in [-0.3, -0.25) is 0 Å². The van der Waals surface area contributed by atoms with Crippen molar-refractivity contribution in [1.29, 1.82) is 0 Å². The molecule has 0 atom stereocenters. The molecule has 0 aliphatic rings. The van der Waals surface area contributed by atoms with E-state index >= 15 is 0 Å². The standard InChI is InChI=1S/C16H26OS2/c1-17-15-11-7-8-12-16(15)19-14-10-6-4-2-3-5-9-13-18/h7-8,11-12,18H,2-6,9-10,13-14H2,1H3. The van der Waals surface area contributed by atoms with Gasteiger partial charge in [0.05, 0.1) is 7.11 Å². The monoisotopic (exact) mass is 298 g/mol. The maximum absolute atomic E-state index is 5.35. The molecular formula is C16H26OS2. The van der Waals surface area contributed by atoms with Crippen LogP contribution in [-0.2, 0) is 0 Å². The zero-order valence-electron chi connectivity index (χ0n) is 11.9. The Bertz CT molecular complexity index is 328. The summed E-state index contributed by atoms with van der Waals surface area (Å²) in [4.78, 5) is 1.26. The third-order valence-corrected chi connectivity index (χ3v) is 4.59. The van der Waals surface area contributed by atoms with Gasteiger partial charge in [0.25, 0.3) is 0 Å². The number of hydrogen-bond donors (Lipinski definition) is 1. The molecule has 1 aromatic rings. The molecule has 0 fully saturated rings. The molecule has 0 amide bonds. The van der Waals surface area contributed by atoms with E-state index in [0.717, 1.165) is 11.5 Å². The molecule has 0 saturated carbocycles. The Labute approximate surface area is 127 Å². The first-order valence-electron chi connectivity index (χ1n) is 7.25. The van der Waals surface area contributed by atoms with Gasteiger partial charge in [0.15, 0.2) is 0 Å². The van der Waals surface area contributed by atoms with E-state index in [1.165, 1.54) is 55.6 Å². The van der Waals surface area contributed by atoms with E-state index in [9.17, 15) is 0 Å². The van der Waals surface area contributed by atoms with Gasteiger partial charge in [0.2, 0.25) is 0 Å². The summed E-state index contributed by atoms with van der Waals surface area (Å²) in [6.07, 6.45) is 9.40. The Morgan fingerprint density at radius 3 is 2.26 bits per heavy atom. The van der Waals surface area contributed by atoms with Gasteiger partial charge in [-0.1, -0.05) is 44.2 Å². The molecular weight excluding hydrogens is 272 g/mol. The van der Waals surface area contributed by atoms with Gasteiger partial charge in [-0.05, 0) is 36.5 Å². The molecule has 0 heterocycles. The van der Waals surface area contributed by atoms with Crippen LogP contribution in [0.25, 0.3) is 0 Å². The average molecular weight is 299 g/mol. The molecule has 1 aromatic carbocycles. The summed E-state index contributed by atoms with van der Waals surface area (Å²) in [5.41, 5.74) is 0. The Balaban J connectivity index is 2.01. The highest BCUT2D eigenvalue weighted by Gasteiger charge is 2.01. The van der Waals surface area contributed by atoms with Crippen molar-refractivity contribution in [2.75, 3.05) is 18.6 Å². The van der Waals surface area contributed by atoms with Crippen LogP contribution in [-0.4, -0.2) is 18.6 Å². The third kappa shape index (κ3) is 7.78. The van der Waals surface area contributed by atoms with Crippen molar-refractivity contribution in [3.05, 3.63) is 24.3 Å². The van der Waals surface area contributed by atoms with Crippen LogP contribution in [0.2, 0.25) is 0 Å². The zero-order chi connectivity index (χ0) is 13.8. The van der Waals surface area contributed by atoms with Crippen LogP contribution in [0.4, 0.5) is 0 Å². The predicted molar refractivity (Wildman–Crippen MR) is 89.9 cm³/mol. The van der Waals surface area contributed by atoms with E-state index in [4.69, 9.17) is 4.74 Å². The van der Waals surface area contributed by atoms with Crippen LogP contribution in [0.15, 0.2) is 29.2 Å². The van der Waals surface area contributed by atoms with E-state index in [-0.39, 0.29) is 0 Å². The van der Waals surface area contributed by atoms with Crippen LogP contribution in [0.1, 0.15) is 44.9 Å². The Hall–Kier alpha value is -0.280. The number of thiol groups is 1. The highest BCUT2D eigenvalue weighted by Crippen LogP contribution is 2.29. The van der Waals surface area contributed by atoms with E-state index in [0.29, 0.717) is 0 Å². The fraction of sp³-hybridized carbons (Fsp3) is 0.625. The normalized spacial score (nSPS) is 10.6. The van der Waals surface area contributed by atoms with Crippen molar-refractivity contribution in [1.82, 2.24) is 0 Å². The Morgan fingerprint density at radius 2 is 1.58 bits per heavy atom. The van der Waals surface area contributed by atoms with E-state index < -0.39 is 0 Å². The molecule has 0 aliphatic carbocycles. The molecule has 0 aromatic heterocycles. The molecule has 0 spiro atoms. The predicted octanol–water partition coefficient (Wildman–Crippen LogP) is 5.45. The van der Waals surface area contributed by atoms with Crippen LogP contribution >= 0.6 is 24.4 Å². The van der Waals surface area contributed by atoms with Crippen molar-refractivity contribution < 1.29 is 4.74 Å². The summed E-state index contributed by atoms with van der Waals surface area (Å²) in [5, 5.41) is 0. The second kappa shape index (κ2) is 11.5. The molecule has 0 unspecified atom stereocenters. The fourth-order valence-electron chi connectivity index (χ4n) is 2.02. The lowest BCUT2D eigenvalue weighted by Gasteiger charge is -2.07. The van der Waals surface area contributed by atoms with Crippen LogP contribution in [0.3, 0.4) is 0 Å². The SMILES string of the molecule is COc1ccccc1SCCCCCCCCCS. The van der Waals surface area contributed by atoms with Crippen LogP contribution in [0.5, 0.6) is 5.75 Å². The second-order valence-electron chi connectivity index (χ2n) is 4.70. The Kier molecular flexibility index (Phi) is 10.2. The number of para-hydroxylation sites is 1. The van der Waals surface area contributed by atoms with Gasteiger partial charge in [-0.15, -0.1) is 11.8 Å². The van der Waals surface area contributed by atoms with Crippen molar-refractivity contribution in [3.63, 3.8) is 0 Å². The first kappa shape index (κ1) is 16.8. The number of rotatable bonds is 11. The van der Waals surface area contributed by atoms with E-state index in [1.54, 1.807) is 7.11 Å². The minimum Gasteiger partial charge on any atom is -0.496 e. The number of ether oxygens (including phenoxy) is 1. The number of methoxy groups -OCH3 is 1. The zero-order valence-corrected chi connectivity index (χ0v) is 13.6. The minimum atomic E-state index is 0.999. The number of thioether (sulfide) groups is 1. The lowest BCUT2D eigenvalue weighted by molar-refractivity contribution is 0.405. The van der Waals surface area contributed by atoms with Crippen LogP contribution in [0, 0.1) is 0 Å². The first-order valence-corrected chi connectivity index (χ1v) is 8.87. The van der Waals surface area contributed by atoms with Gasteiger partial charge < -0.3 is 4.74 Å². The molecule has 108 valence electrons. The maximum Gasteiger partial charge on any atom is 0.132 e. The third-order valence-electron chi connectivity index (χ3n) is 3.13. The summed E-state index contributed by atoms with van der Waals surface area (Å²) in [6, 6.07) is 8.27. The lowest BCUT2D eigenvalue weighted by Crippen LogP contribution is -1.87. The Morgan fingerprint density at radius 1 is 0.947 bits per heavy atom. The lowest BCUT2D eigenvalue weighted by atomic mass is 10.1. The number of benzene rings is 1. The van der Waals surface area contributed by atoms with Gasteiger partial charge in [0, 0.05) is 4.90 Å². The molecule has 0 saturated heterocycles. The van der Waals surface area contributed by atoms with Gasteiger partial charge in [-0.2, -0.15) is 12.6 Å². The molecule has 0 N–H and O–H groups in total. The quantitative estimate of drug-likeness (QED) is 0.330. The van der Waals surface area contributed by atoms with E-state index in [1.807, 2.05) is 23.9 Å². The summed E-state index contributed by atoms with van der Waals surface area (Å²) in [7, 11) is 1.74. The number of hydrogen-bond acceptors (Lipinski definition) is 3. The highest BCUT2D eigenvalue weighted by molar-refractivity contribution is 7.99. The average Bonchev–Trinajstić information content (AvgIpc) is 2.46. The molecule has 0 bridgehead atoms. The molecule has 3 heteroatoms. The first-order chi connectivity index (χ1) is 9.38. The van der Waals surface area contributed by atoms with E-state index in [2.05, 4.69) is 24.8 Å². The summed E-state index contributed by atoms with van der Waals surface area (Å²) in [6.45, 7) is 0. The van der Waals surface area contributed by atoms with Crippen molar-refractivity contribution >= 4 is 24.4 Å². The maximum atomic E-state index is 5.35. The summed E-state index contributed by atoms with van der Waals surface area (Å²) < 4.78 is 5.35. The van der Waals surface area contributed by atoms with Gasteiger partial charge >= 0.3 is 0 Å². The molecule has 19 heavy (non-hydrogen) atoms. The summed E-state index contributed by atoms with van der Waals surface area (Å²) in [5.74, 6) is 3.23. The van der Waals surface area contributed by atoms with Crippen LogP contribution < -0.4 is 4.74 Å². The smallest absolute Gasteiger partial charge is 0.132 e. The van der Waals surface area contributed by atoms with Crippen molar-refractivity contribution in [2.45, 2.75) is 49.8 Å². The highest BCUT2D eigenvalue weighted by atomic mass is 32.2. The van der Waals surface area contributed by atoms with Crippen molar-refractivity contribution in [2.24, 2.45) is 0 Å². The second-order valence-corrected chi connectivity index (χ2v) is 6.28. The van der Waals surface area contributed by atoms with Crippen molar-refractivity contribution in [3.8, 4) is 5.75 Å². The fourth-order valence-corrected chi connectivity index (χ4v) is 3.28. The molecule has 1 rings (SSSR count). The largest absolute Gasteiger partial charge is 0.496 e. The summed E-state index contributed by atoms with van der Waals surface area (Å²) >= 11 is 6.14. The molecule has 0 radical (unpaired) electrons. The van der Waals surface area contributed by atoms with Gasteiger partial charge in [0.1, 0.15) is 5.75 Å². The number of unbranched alkanes of at least 4 members (excludes halogenated alkanes) is 6. The topological polar surface area (TPSA) is 9.23 Å². The van der Waals surface area contributed by atoms with Gasteiger partial charge in [-0.25, -0.2) is 0 Å². The molecule has 1 nitrogen and oxygen atoms in total.